The number of fused-ring (bicyclic) bond motifs is 2. The molecule has 0 saturated carbocycles. The maximum atomic E-state index is 12.5. The molecule has 1 unspecified atom stereocenters. The number of nitrogens with zero attached hydrogens (tertiary/aromatic N) is 1. The third-order valence-corrected chi connectivity index (χ3v) is 5.06. The number of carbonyl (C=O) groups is 1. The molecule has 0 aliphatic carbocycles. The Hall–Kier alpha value is -2.53. The Labute approximate surface area is 147 Å². The van der Waals surface area contributed by atoms with Crippen LogP contribution in [0.15, 0.2) is 48.5 Å². The lowest BCUT2D eigenvalue weighted by Gasteiger charge is -2.30. The third-order valence-electron chi connectivity index (χ3n) is 5.06. The SMILES string of the molecule is Nc1ccccc1Oc1ccc(C(=O)N[C@@H]2C[C@@H]3CCN(C3)C2)cc1. The van der Waals surface area contributed by atoms with Gasteiger partial charge in [-0.2, -0.15) is 0 Å². The Morgan fingerprint density at radius 1 is 1.12 bits per heavy atom. The Balaban J connectivity index is 1.38. The predicted octanol–water partition coefficient (Wildman–Crippen LogP) is 2.89. The average Bonchev–Trinajstić information content (AvgIpc) is 2.96. The topological polar surface area (TPSA) is 67.6 Å². The lowest BCUT2D eigenvalue weighted by molar-refractivity contribution is 0.0909. The Kier molecular flexibility index (Phi) is 4.32. The number of ether oxygens (including phenoxy) is 1. The van der Waals surface area contributed by atoms with E-state index in [1.54, 1.807) is 30.3 Å². The van der Waals surface area contributed by atoms with E-state index in [1.807, 2.05) is 18.2 Å². The molecule has 2 heterocycles. The van der Waals surface area contributed by atoms with Gasteiger partial charge in [-0.05, 0) is 61.7 Å². The molecule has 2 aromatic carbocycles. The molecule has 1 amide bonds. The van der Waals surface area contributed by atoms with Crippen LogP contribution in [0.3, 0.4) is 0 Å². The molecule has 2 aliphatic rings. The third kappa shape index (κ3) is 3.61. The van der Waals surface area contributed by atoms with Gasteiger partial charge in [-0.15, -0.1) is 0 Å². The van der Waals surface area contributed by atoms with Gasteiger partial charge in [0.15, 0.2) is 0 Å². The van der Waals surface area contributed by atoms with Gasteiger partial charge in [-0.1, -0.05) is 12.1 Å². The number of nitrogens with two attached hydrogens (primary N) is 1. The van der Waals surface area contributed by atoms with Gasteiger partial charge in [0.2, 0.25) is 0 Å². The summed E-state index contributed by atoms with van der Waals surface area (Å²) in [6, 6.07) is 14.8. The first kappa shape index (κ1) is 16.0. The van der Waals surface area contributed by atoms with Crippen LogP contribution in [0.25, 0.3) is 0 Å². The number of anilines is 1. The van der Waals surface area contributed by atoms with Crippen molar-refractivity contribution in [3.05, 3.63) is 54.1 Å². The summed E-state index contributed by atoms with van der Waals surface area (Å²) in [7, 11) is 0. The largest absolute Gasteiger partial charge is 0.455 e. The normalized spacial score (nSPS) is 24.7. The maximum absolute atomic E-state index is 12.5. The molecule has 2 saturated heterocycles. The molecule has 0 aromatic heterocycles. The smallest absolute Gasteiger partial charge is 0.251 e. The summed E-state index contributed by atoms with van der Waals surface area (Å²) >= 11 is 0. The fourth-order valence-electron chi connectivity index (χ4n) is 3.81. The van der Waals surface area contributed by atoms with Crippen LogP contribution in [0.2, 0.25) is 0 Å². The number of nitrogen functional groups attached to an aromatic ring is 1. The zero-order valence-electron chi connectivity index (χ0n) is 14.2. The standard InChI is InChI=1S/C20H23N3O2/c21-18-3-1-2-4-19(18)25-17-7-5-15(6-8-17)20(24)22-16-11-14-9-10-23(12-14)13-16/h1-8,14,16H,9-13,21H2,(H,22,24)/t14-,16+/m0/s1. The highest BCUT2D eigenvalue weighted by Gasteiger charge is 2.32. The van der Waals surface area contributed by atoms with Crippen LogP contribution in [0.4, 0.5) is 5.69 Å². The molecule has 3 atom stereocenters. The minimum absolute atomic E-state index is 0.0155. The first-order chi connectivity index (χ1) is 12.2. The second-order valence-corrected chi connectivity index (χ2v) is 6.98. The Morgan fingerprint density at radius 3 is 2.68 bits per heavy atom. The summed E-state index contributed by atoms with van der Waals surface area (Å²) < 4.78 is 5.77. The van der Waals surface area contributed by atoms with E-state index in [9.17, 15) is 4.79 Å². The first-order valence-electron chi connectivity index (χ1n) is 8.83. The number of benzene rings is 2. The molecule has 25 heavy (non-hydrogen) atoms. The van der Waals surface area contributed by atoms with Crippen molar-refractivity contribution in [2.24, 2.45) is 5.92 Å². The lowest BCUT2D eigenvalue weighted by atomic mass is 9.96. The molecule has 3 N–H and O–H groups in total. The first-order valence-corrected chi connectivity index (χ1v) is 8.83. The molecule has 5 heteroatoms. The Bertz CT molecular complexity index is 748. The molecule has 130 valence electrons. The van der Waals surface area contributed by atoms with E-state index in [1.165, 1.54) is 19.5 Å². The second kappa shape index (κ2) is 6.76. The lowest BCUT2D eigenvalue weighted by Crippen LogP contribution is -2.46. The highest BCUT2D eigenvalue weighted by molar-refractivity contribution is 5.94. The summed E-state index contributed by atoms with van der Waals surface area (Å²) in [6.45, 7) is 3.34. The molecule has 2 bridgehead atoms. The van der Waals surface area contributed by atoms with Crippen LogP contribution in [-0.2, 0) is 0 Å². The van der Waals surface area contributed by atoms with Crippen molar-refractivity contribution in [3.63, 3.8) is 0 Å². The molecular weight excluding hydrogens is 314 g/mol. The summed E-state index contributed by atoms with van der Waals surface area (Å²) in [5.74, 6) is 2.01. The highest BCUT2D eigenvalue weighted by Crippen LogP contribution is 2.28. The number of rotatable bonds is 4. The van der Waals surface area contributed by atoms with Crippen LogP contribution in [0.5, 0.6) is 11.5 Å². The van der Waals surface area contributed by atoms with Crippen molar-refractivity contribution in [3.8, 4) is 11.5 Å². The summed E-state index contributed by atoms with van der Waals surface area (Å²) in [5.41, 5.74) is 7.13. The minimum atomic E-state index is -0.0155. The van der Waals surface area contributed by atoms with Crippen LogP contribution in [0, 0.1) is 5.92 Å². The number of hydrogen-bond donors (Lipinski definition) is 2. The van der Waals surface area contributed by atoms with E-state index >= 15 is 0 Å². The van der Waals surface area contributed by atoms with E-state index in [0.29, 0.717) is 22.7 Å². The van der Waals surface area contributed by atoms with Gasteiger partial charge in [-0.25, -0.2) is 0 Å². The van der Waals surface area contributed by atoms with E-state index in [0.717, 1.165) is 18.9 Å². The summed E-state index contributed by atoms with van der Waals surface area (Å²) in [4.78, 5) is 14.9. The molecular formula is C20H23N3O2. The van der Waals surface area contributed by atoms with Gasteiger partial charge in [0, 0.05) is 24.7 Å². The molecule has 2 aliphatic heterocycles. The van der Waals surface area contributed by atoms with E-state index in [-0.39, 0.29) is 11.9 Å². The minimum Gasteiger partial charge on any atom is -0.455 e. The fraction of sp³-hybridized carbons (Fsp3) is 0.350. The number of nitrogens with one attached hydrogen (secondary N) is 1. The molecule has 2 aromatic rings. The quantitative estimate of drug-likeness (QED) is 0.842. The van der Waals surface area contributed by atoms with E-state index in [2.05, 4.69) is 10.2 Å². The van der Waals surface area contributed by atoms with Crippen molar-refractivity contribution >= 4 is 11.6 Å². The summed E-state index contributed by atoms with van der Waals surface area (Å²) in [6.07, 6.45) is 2.36. The molecule has 4 rings (SSSR count). The van der Waals surface area contributed by atoms with Crippen molar-refractivity contribution < 1.29 is 9.53 Å². The van der Waals surface area contributed by atoms with Gasteiger partial charge in [0.1, 0.15) is 11.5 Å². The van der Waals surface area contributed by atoms with Crippen molar-refractivity contribution in [1.82, 2.24) is 10.2 Å². The van der Waals surface area contributed by atoms with Crippen LogP contribution in [0.1, 0.15) is 23.2 Å². The zero-order chi connectivity index (χ0) is 17.2. The van der Waals surface area contributed by atoms with Crippen molar-refractivity contribution in [2.45, 2.75) is 18.9 Å². The number of carbonyl (C=O) groups excluding carboxylic acids is 1. The van der Waals surface area contributed by atoms with Gasteiger partial charge in [0.25, 0.3) is 5.91 Å². The maximum Gasteiger partial charge on any atom is 0.251 e. The van der Waals surface area contributed by atoms with Gasteiger partial charge in [-0.3, -0.25) is 4.79 Å². The number of amides is 1. The molecule has 0 radical (unpaired) electrons. The van der Waals surface area contributed by atoms with Gasteiger partial charge < -0.3 is 20.7 Å². The van der Waals surface area contributed by atoms with Crippen LogP contribution in [-0.4, -0.2) is 36.5 Å². The van der Waals surface area contributed by atoms with Crippen LogP contribution >= 0.6 is 0 Å². The number of para-hydroxylation sites is 2. The van der Waals surface area contributed by atoms with Crippen molar-refractivity contribution in [2.75, 3.05) is 25.4 Å². The second-order valence-electron chi connectivity index (χ2n) is 6.98. The monoisotopic (exact) mass is 337 g/mol. The molecule has 5 nitrogen and oxygen atoms in total. The highest BCUT2D eigenvalue weighted by atomic mass is 16.5. The number of piperidine rings is 1. The predicted molar refractivity (Wildman–Crippen MR) is 97.8 cm³/mol. The van der Waals surface area contributed by atoms with Gasteiger partial charge >= 0.3 is 0 Å². The van der Waals surface area contributed by atoms with Crippen LogP contribution < -0.4 is 15.8 Å². The summed E-state index contributed by atoms with van der Waals surface area (Å²) in [5, 5.41) is 3.17. The number of hydrogen-bond acceptors (Lipinski definition) is 4. The average molecular weight is 337 g/mol. The van der Waals surface area contributed by atoms with Gasteiger partial charge in [0.05, 0.1) is 5.69 Å². The molecule has 0 spiro atoms. The fourth-order valence-corrected chi connectivity index (χ4v) is 3.81. The molecule has 2 fully saturated rings. The van der Waals surface area contributed by atoms with E-state index in [4.69, 9.17) is 10.5 Å². The zero-order valence-corrected chi connectivity index (χ0v) is 14.2. The van der Waals surface area contributed by atoms with Crippen molar-refractivity contribution in [1.29, 1.82) is 0 Å². The van der Waals surface area contributed by atoms with E-state index < -0.39 is 0 Å². The Morgan fingerprint density at radius 2 is 1.92 bits per heavy atom.